The highest BCUT2D eigenvalue weighted by Crippen LogP contribution is 2.34. The predicted octanol–water partition coefficient (Wildman–Crippen LogP) is 4.05. The van der Waals surface area contributed by atoms with E-state index in [2.05, 4.69) is 27.8 Å². The second-order valence-electron chi connectivity index (χ2n) is 6.05. The number of nitrogens with one attached hydrogen (secondary N) is 1. The molecule has 0 aliphatic carbocycles. The summed E-state index contributed by atoms with van der Waals surface area (Å²) in [6.07, 6.45) is 1.20. The summed E-state index contributed by atoms with van der Waals surface area (Å²) in [6.45, 7) is 3.99. The smallest absolute Gasteiger partial charge is 0.241 e. The maximum atomic E-state index is 15.8. The number of alkyl halides is 1. The number of halogens is 2. The largest absolute Gasteiger partial charge is 0.351 e. The number of benzene rings is 2. The molecule has 0 bridgehead atoms. The summed E-state index contributed by atoms with van der Waals surface area (Å²) in [6, 6.07) is 15.3. The molecule has 1 amide bonds. The van der Waals surface area contributed by atoms with Crippen molar-refractivity contribution in [1.29, 1.82) is 0 Å². The summed E-state index contributed by atoms with van der Waals surface area (Å²) in [5.74, 6) is -0.390. The molecular formula is C20H22BrFN2O. The van der Waals surface area contributed by atoms with Crippen molar-refractivity contribution in [2.45, 2.75) is 18.3 Å². The summed E-state index contributed by atoms with van der Waals surface area (Å²) in [7, 11) is 3.37. The Morgan fingerprint density at radius 3 is 2.36 bits per heavy atom. The maximum absolute atomic E-state index is 15.8. The van der Waals surface area contributed by atoms with Crippen molar-refractivity contribution in [3.05, 3.63) is 82.9 Å². The van der Waals surface area contributed by atoms with Crippen LogP contribution in [-0.2, 0) is 17.0 Å². The Balaban J connectivity index is 2.26. The molecule has 25 heavy (non-hydrogen) atoms. The standard InChI is InChI=1S/C20H22BrFN2O/c1-4-20(22,16-10-12-17(21)13-11-16)18(24(2)3)19(25)23-14-15-8-6-5-7-9-15/h4-13,18H,1,14H2,2-3H3,(H,23,25)/t18-,20+/m0/s1. The van der Waals surface area contributed by atoms with Crippen LogP contribution >= 0.6 is 15.9 Å². The Morgan fingerprint density at radius 2 is 1.84 bits per heavy atom. The average molecular weight is 405 g/mol. The molecule has 0 radical (unpaired) electrons. The summed E-state index contributed by atoms with van der Waals surface area (Å²) >= 11 is 3.34. The van der Waals surface area contributed by atoms with Crippen LogP contribution in [0.4, 0.5) is 4.39 Å². The van der Waals surface area contributed by atoms with Gasteiger partial charge in [0.1, 0.15) is 6.04 Å². The SMILES string of the molecule is C=C[C@@](F)(c1ccc(Br)cc1)[C@H](C(=O)NCc1ccccc1)N(C)C. The maximum Gasteiger partial charge on any atom is 0.241 e. The highest BCUT2D eigenvalue weighted by atomic mass is 79.9. The van der Waals surface area contributed by atoms with Crippen LogP contribution in [0.1, 0.15) is 11.1 Å². The van der Waals surface area contributed by atoms with E-state index in [0.29, 0.717) is 12.1 Å². The van der Waals surface area contributed by atoms with Gasteiger partial charge >= 0.3 is 0 Å². The van der Waals surface area contributed by atoms with E-state index in [1.54, 1.807) is 43.3 Å². The Bertz CT molecular complexity index is 718. The number of amides is 1. The van der Waals surface area contributed by atoms with Crippen molar-refractivity contribution in [3.63, 3.8) is 0 Å². The van der Waals surface area contributed by atoms with Crippen LogP contribution in [0, 0.1) is 0 Å². The van der Waals surface area contributed by atoms with Crippen LogP contribution in [0.5, 0.6) is 0 Å². The van der Waals surface area contributed by atoms with Gasteiger partial charge in [-0.15, -0.1) is 0 Å². The first-order chi connectivity index (χ1) is 11.9. The minimum Gasteiger partial charge on any atom is -0.351 e. The highest BCUT2D eigenvalue weighted by molar-refractivity contribution is 9.10. The molecule has 0 aromatic heterocycles. The van der Waals surface area contributed by atoms with Crippen LogP contribution in [0.25, 0.3) is 0 Å². The Hall–Kier alpha value is -1.98. The molecule has 2 aromatic carbocycles. The van der Waals surface area contributed by atoms with E-state index in [0.717, 1.165) is 10.0 Å². The molecular weight excluding hydrogens is 383 g/mol. The van der Waals surface area contributed by atoms with Gasteiger partial charge in [-0.25, -0.2) is 4.39 Å². The number of hydrogen-bond acceptors (Lipinski definition) is 2. The minimum atomic E-state index is -2.01. The van der Waals surface area contributed by atoms with Crippen LogP contribution < -0.4 is 5.32 Å². The zero-order valence-corrected chi connectivity index (χ0v) is 16.0. The first-order valence-electron chi connectivity index (χ1n) is 7.95. The number of rotatable bonds is 7. The zero-order valence-electron chi connectivity index (χ0n) is 14.4. The number of likely N-dealkylation sites (N-methyl/N-ethyl adjacent to an activating group) is 1. The van der Waals surface area contributed by atoms with Crippen LogP contribution in [-0.4, -0.2) is 30.9 Å². The van der Waals surface area contributed by atoms with Crippen molar-refractivity contribution < 1.29 is 9.18 Å². The first kappa shape index (κ1) is 19.3. The number of carbonyl (C=O) groups is 1. The molecule has 0 aliphatic heterocycles. The summed E-state index contributed by atoms with van der Waals surface area (Å²) in [5, 5.41) is 2.82. The van der Waals surface area contributed by atoms with Gasteiger partial charge < -0.3 is 5.32 Å². The molecule has 0 unspecified atom stereocenters. The van der Waals surface area contributed by atoms with Gasteiger partial charge in [0.2, 0.25) is 5.91 Å². The Kier molecular flexibility index (Phi) is 6.51. The molecule has 2 atom stereocenters. The summed E-state index contributed by atoms with van der Waals surface area (Å²) < 4.78 is 16.7. The third-order valence-electron chi connectivity index (χ3n) is 4.06. The summed E-state index contributed by atoms with van der Waals surface area (Å²) in [4.78, 5) is 14.3. The third kappa shape index (κ3) is 4.55. The molecule has 0 saturated heterocycles. The van der Waals surface area contributed by atoms with E-state index in [9.17, 15) is 4.79 Å². The Labute approximate surface area is 156 Å². The van der Waals surface area contributed by atoms with Gasteiger partial charge in [-0.3, -0.25) is 9.69 Å². The van der Waals surface area contributed by atoms with Crippen LogP contribution in [0.3, 0.4) is 0 Å². The normalized spacial score (nSPS) is 14.6. The van der Waals surface area contributed by atoms with Gasteiger partial charge in [-0.05, 0) is 43.4 Å². The van der Waals surface area contributed by atoms with E-state index in [1.807, 2.05) is 30.3 Å². The lowest BCUT2D eigenvalue weighted by atomic mass is 9.86. The second kappa shape index (κ2) is 8.41. The van der Waals surface area contributed by atoms with Crippen molar-refractivity contribution in [3.8, 4) is 0 Å². The van der Waals surface area contributed by atoms with Gasteiger partial charge in [0, 0.05) is 11.0 Å². The fourth-order valence-electron chi connectivity index (χ4n) is 2.78. The van der Waals surface area contributed by atoms with Gasteiger partial charge in [-0.2, -0.15) is 0 Å². The van der Waals surface area contributed by atoms with E-state index in [4.69, 9.17) is 0 Å². The lowest BCUT2D eigenvalue weighted by molar-refractivity contribution is -0.130. The number of carbonyl (C=O) groups excluding carboxylic acids is 1. The number of nitrogens with zero attached hydrogens (tertiary/aromatic N) is 1. The Morgan fingerprint density at radius 1 is 1.24 bits per heavy atom. The van der Waals surface area contributed by atoms with Crippen molar-refractivity contribution in [2.24, 2.45) is 0 Å². The van der Waals surface area contributed by atoms with Gasteiger partial charge in [0.25, 0.3) is 0 Å². The monoisotopic (exact) mass is 404 g/mol. The van der Waals surface area contributed by atoms with Crippen molar-refractivity contribution in [2.75, 3.05) is 14.1 Å². The third-order valence-corrected chi connectivity index (χ3v) is 4.58. The van der Waals surface area contributed by atoms with Crippen molar-refractivity contribution in [1.82, 2.24) is 10.2 Å². The van der Waals surface area contributed by atoms with Crippen LogP contribution in [0.2, 0.25) is 0 Å². The fourth-order valence-corrected chi connectivity index (χ4v) is 3.04. The molecule has 5 heteroatoms. The minimum absolute atomic E-state index is 0.345. The number of hydrogen-bond donors (Lipinski definition) is 1. The van der Waals surface area contributed by atoms with E-state index < -0.39 is 11.7 Å². The molecule has 1 N–H and O–H groups in total. The lowest BCUT2D eigenvalue weighted by Crippen LogP contribution is -2.53. The predicted molar refractivity (Wildman–Crippen MR) is 103 cm³/mol. The topological polar surface area (TPSA) is 32.3 Å². The molecule has 0 aliphatic rings. The van der Waals surface area contributed by atoms with Crippen molar-refractivity contribution >= 4 is 21.8 Å². The van der Waals surface area contributed by atoms with Gasteiger partial charge in [0.05, 0.1) is 0 Å². The second-order valence-corrected chi connectivity index (χ2v) is 6.96. The summed E-state index contributed by atoms with van der Waals surface area (Å²) in [5.41, 5.74) is -0.662. The highest BCUT2D eigenvalue weighted by Gasteiger charge is 2.44. The quantitative estimate of drug-likeness (QED) is 0.706. The van der Waals surface area contributed by atoms with Gasteiger partial charge in [-0.1, -0.05) is 65.0 Å². The molecule has 2 aromatic rings. The molecule has 0 fully saturated rings. The molecule has 3 nitrogen and oxygen atoms in total. The molecule has 0 saturated carbocycles. The average Bonchev–Trinajstić information content (AvgIpc) is 2.61. The van der Waals surface area contributed by atoms with Gasteiger partial charge in [0.15, 0.2) is 5.67 Å². The van der Waals surface area contributed by atoms with E-state index in [-0.39, 0.29) is 5.91 Å². The zero-order chi connectivity index (χ0) is 18.4. The van der Waals surface area contributed by atoms with Crippen LogP contribution in [0.15, 0.2) is 71.7 Å². The lowest BCUT2D eigenvalue weighted by Gasteiger charge is -2.35. The molecule has 0 heterocycles. The fraction of sp³-hybridized carbons (Fsp3) is 0.250. The first-order valence-corrected chi connectivity index (χ1v) is 8.74. The van der Waals surface area contributed by atoms with E-state index >= 15 is 4.39 Å². The molecule has 132 valence electrons. The molecule has 2 rings (SSSR count). The molecule has 0 spiro atoms. The van der Waals surface area contributed by atoms with E-state index in [1.165, 1.54) is 6.08 Å².